The molecule has 1 N–H and O–H groups in total. The number of amides is 1. The second-order valence-electron chi connectivity index (χ2n) is 8.31. The Morgan fingerprint density at radius 1 is 1.07 bits per heavy atom. The molecule has 2 aliphatic carbocycles. The largest absolute Gasteiger partial charge is 0.493 e. The number of nitrogens with zero attached hydrogens (tertiary/aromatic N) is 1. The van der Waals surface area contributed by atoms with Crippen LogP contribution in [0.4, 0.5) is 0 Å². The molecule has 3 aliphatic rings. The predicted octanol–water partition coefficient (Wildman–Crippen LogP) is 3.62. The number of hydrogen-bond donors (Lipinski definition) is 1. The van der Waals surface area contributed by atoms with Crippen LogP contribution < -0.4 is 14.8 Å². The van der Waals surface area contributed by atoms with Crippen molar-refractivity contribution in [3.05, 3.63) is 23.8 Å². The summed E-state index contributed by atoms with van der Waals surface area (Å²) in [6, 6.07) is 6.32. The summed E-state index contributed by atoms with van der Waals surface area (Å²) in [7, 11) is 1.64. The maximum atomic E-state index is 12.3. The summed E-state index contributed by atoms with van der Waals surface area (Å²) < 4.78 is 11.8. The molecule has 3 fully saturated rings. The maximum absolute atomic E-state index is 12.3. The highest BCUT2D eigenvalue weighted by molar-refractivity contribution is 5.94. The van der Waals surface area contributed by atoms with Gasteiger partial charge in [0.05, 0.1) is 7.11 Å². The van der Waals surface area contributed by atoms with Gasteiger partial charge >= 0.3 is 0 Å². The van der Waals surface area contributed by atoms with Crippen LogP contribution in [0.5, 0.6) is 11.5 Å². The van der Waals surface area contributed by atoms with Crippen LogP contribution in [0.2, 0.25) is 0 Å². The van der Waals surface area contributed by atoms with Crippen LogP contribution in [-0.2, 0) is 0 Å². The lowest BCUT2D eigenvalue weighted by Crippen LogP contribution is -2.43. The number of ether oxygens (including phenoxy) is 2. The Hall–Kier alpha value is -1.75. The van der Waals surface area contributed by atoms with E-state index in [9.17, 15) is 4.79 Å². The van der Waals surface area contributed by atoms with E-state index in [1.165, 1.54) is 38.5 Å². The molecule has 1 amide bonds. The van der Waals surface area contributed by atoms with E-state index in [-0.39, 0.29) is 12.0 Å². The summed E-state index contributed by atoms with van der Waals surface area (Å²) in [5.74, 6) is 2.04. The number of methoxy groups -OCH3 is 1. The first-order valence-electron chi connectivity index (χ1n) is 10.6. The zero-order valence-electron chi connectivity index (χ0n) is 16.4. The molecule has 1 saturated heterocycles. The van der Waals surface area contributed by atoms with E-state index in [0.717, 1.165) is 44.3 Å². The fourth-order valence-corrected chi connectivity index (χ4v) is 4.37. The molecule has 148 valence electrons. The Balaban J connectivity index is 1.32. The number of carbonyl (C=O) groups is 1. The van der Waals surface area contributed by atoms with Gasteiger partial charge in [-0.3, -0.25) is 4.79 Å². The predicted molar refractivity (Wildman–Crippen MR) is 106 cm³/mol. The Labute approximate surface area is 162 Å². The van der Waals surface area contributed by atoms with Gasteiger partial charge in [-0.25, -0.2) is 0 Å². The Kier molecular flexibility index (Phi) is 5.86. The smallest absolute Gasteiger partial charge is 0.251 e. The van der Waals surface area contributed by atoms with Crippen molar-refractivity contribution in [3.8, 4) is 11.5 Å². The van der Waals surface area contributed by atoms with Gasteiger partial charge in [0, 0.05) is 31.2 Å². The molecule has 0 aromatic heterocycles. The Bertz CT molecular complexity index is 645. The molecular formula is C22H32N2O3. The molecule has 5 nitrogen and oxygen atoms in total. The number of hydrogen-bond acceptors (Lipinski definition) is 4. The van der Waals surface area contributed by atoms with E-state index >= 15 is 0 Å². The normalized spacial score (nSPS) is 22.0. The van der Waals surface area contributed by atoms with Gasteiger partial charge in [0.15, 0.2) is 11.5 Å². The summed E-state index contributed by atoms with van der Waals surface area (Å²) in [5, 5.41) is 3.00. The lowest BCUT2D eigenvalue weighted by Gasteiger charge is -2.36. The summed E-state index contributed by atoms with van der Waals surface area (Å²) in [5.41, 5.74) is 0.635. The first-order chi connectivity index (χ1) is 13.2. The molecule has 0 atom stereocenters. The summed E-state index contributed by atoms with van der Waals surface area (Å²) in [6.07, 6.45) is 10.3. The van der Waals surface area contributed by atoms with E-state index in [1.807, 2.05) is 12.1 Å². The molecule has 1 aromatic carbocycles. The fourth-order valence-electron chi connectivity index (χ4n) is 4.37. The molecule has 2 saturated carbocycles. The molecule has 0 radical (unpaired) electrons. The highest BCUT2D eigenvalue weighted by Crippen LogP contribution is 2.32. The number of benzene rings is 1. The topological polar surface area (TPSA) is 50.8 Å². The van der Waals surface area contributed by atoms with Crippen LogP contribution in [-0.4, -0.2) is 49.7 Å². The molecule has 0 bridgehead atoms. The number of likely N-dealkylation sites (tertiary alicyclic amines) is 1. The van der Waals surface area contributed by atoms with Crippen LogP contribution in [0.3, 0.4) is 0 Å². The van der Waals surface area contributed by atoms with Crippen molar-refractivity contribution in [3.63, 3.8) is 0 Å². The quantitative estimate of drug-likeness (QED) is 0.794. The van der Waals surface area contributed by atoms with E-state index in [2.05, 4.69) is 10.2 Å². The SMILES string of the molecule is COc1cc(C(=O)NCC2CC2)ccc1OC1CCN(C2CCCC2)CC1. The van der Waals surface area contributed by atoms with Crippen LogP contribution in [0.1, 0.15) is 61.7 Å². The van der Waals surface area contributed by atoms with Crippen molar-refractivity contribution in [1.29, 1.82) is 0 Å². The van der Waals surface area contributed by atoms with Crippen LogP contribution in [0, 0.1) is 5.92 Å². The minimum Gasteiger partial charge on any atom is -0.493 e. The van der Waals surface area contributed by atoms with Crippen molar-refractivity contribution in [2.45, 2.75) is 63.5 Å². The monoisotopic (exact) mass is 372 g/mol. The number of rotatable bonds is 7. The van der Waals surface area contributed by atoms with E-state index in [1.54, 1.807) is 13.2 Å². The summed E-state index contributed by atoms with van der Waals surface area (Å²) in [4.78, 5) is 14.9. The fraction of sp³-hybridized carbons (Fsp3) is 0.682. The highest BCUT2D eigenvalue weighted by atomic mass is 16.5. The highest BCUT2D eigenvalue weighted by Gasteiger charge is 2.28. The summed E-state index contributed by atoms with van der Waals surface area (Å²) in [6.45, 7) is 3.03. The summed E-state index contributed by atoms with van der Waals surface area (Å²) >= 11 is 0. The lowest BCUT2D eigenvalue weighted by molar-refractivity contribution is 0.0750. The molecular weight excluding hydrogens is 340 g/mol. The van der Waals surface area contributed by atoms with Gasteiger partial charge in [-0.2, -0.15) is 0 Å². The third-order valence-corrected chi connectivity index (χ3v) is 6.29. The Morgan fingerprint density at radius 2 is 1.81 bits per heavy atom. The minimum atomic E-state index is -0.0309. The third kappa shape index (κ3) is 4.75. The number of piperidine rings is 1. The third-order valence-electron chi connectivity index (χ3n) is 6.29. The molecule has 0 unspecified atom stereocenters. The second kappa shape index (κ2) is 8.51. The van der Waals surface area contributed by atoms with Crippen molar-refractivity contribution in [2.75, 3.05) is 26.7 Å². The number of nitrogens with one attached hydrogen (secondary N) is 1. The van der Waals surface area contributed by atoms with Gasteiger partial charge in [-0.15, -0.1) is 0 Å². The van der Waals surface area contributed by atoms with Crippen LogP contribution in [0.25, 0.3) is 0 Å². The minimum absolute atomic E-state index is 0.0309. The standard InChI is InChI=1S/C22H32N2O3/c1-26-21-14-17(22(25)23-15-16-6-7-16)8-9-20(21)27-19-10-12-24(13-11-19)18-4-2-3-5-18/h8-9,14,16,18-19H,2-7,10-13,15H2,1H3,(H,23,25). The average Bonchev–Trinajstić information content (AvgIpc) is 3.38. The van der Waals surface area contributed by atoms with Gasteiger partial charge in [0.1, 0.15) is 6.10 Å². The molecule has 1 aromatic rings. The maximum Gasteiger partial charge on any atom is 0.251 e. The van der Waals surface area contributed by atoms with Gasteiger partial charge in [-0.05, 0) is 62.6 Å². The molecule has 27 heavy (non-hydrogen) atoms. The zero-order chi connectivity index (χ0) is 18.6. The van der Waals surface area contributed by atoms with Gasteiger partial charge < -0.3 is 19.7 Å². The van der Waals surface area contributed by atoms with Gasteiger partial charge in [-0.1, -0.05) is 12.8 Å². The Morgan fingerprint density at radius 3 is 2.48 bits per heavy atom. The lowest BCUT2D eigenvalue weighted by atomic mass is 10.0. The van der Waals surface area contributed by atoms with Gasteiger partial charge in [0.2, 0.25) is 0 Å². The second-order valence-corrected chi connectivity index (χ2v) is 8.31. The zero-order valence-corrected chi connectivity index (χ0v) is 16.4. The number of carbonyl (C=O) groups excluding carboxylic acids is 1. The van der Waals surface area contributed by atoms with E-state index < -0.39 is 0 Å². The molecule has 1 aliphatic heterocycles. The molecule has 1 heterocycles. The molecule has 4 rings (SSSR count). The molecule has 5 heteroatoms. The van der Waals surface area contributed by atoms with Crippen molar-refractivity contribution in [2.24, 2.45) is 5.92 Å². The first-order valence-corrected chi connectivity index (χ1v) is 10.6. The van der Waals surface area contributed by atoms with E-state index in [4.69, 9.17) is 9.47 Å². The van der Waals surface area contributed by atoms with Crippen molar-refractivity contribution < 1.29 is 14.3 Å². The molecule has 0 spiro atoms. The van der Waals surface area contributed by atoms with Crippen LogP contribution >= 0.6 is 0 Å². The van der Waals surface area contributed by atoms with Crippen molar-refractivity contribution in [1.82, 2.24) is 10.2 Å². The van der Waals surface area contributed by atoms with E-state index in [0.29, 0.717) is 17.2 Å². The average molecular weight is 373 g/mol. The van der Waals surface area contributed by atoms with Crippen molar-refractivity contribution >= 4 is 5.91 Å². The van der Waals surface area contributed by atoms with Crippen LogP contribution in [0.15, 0.2) is 18.2 Å². The van der Waals surface area contributed by atoms with Gasteiger partial charge in [0.25, 0.3) is 5.91 Å². The first kappa shape index (κ1) is 18.6.